The van der Waals surface area contributed by atoms with Gasteiger partial charge in [-0.2, -0.15) is 0 Å². The first-order chi connectivity index (χ1) is 26.1. The Morgan fingerprint density at radius 1 is 0.352 bits per heavy atom. The summed E-state index contributed by atoms with van der Waals surface area (Å²) in [5.74, 6) is -11.6. The maximum Gasteiger partial charge on any atom is 0.210 e. The predicted octanol–water partition coefficient (Wildman–Crippen LogP) is 1.07. The summed E-state index contributed by atoms with van der Waals surface area (Å²) in [5, 5.41) is 0. The third-order valence-electron chi connectivity index (χ3n) is 12.9. The summed E-state index contributed by atoms with van der Waals surface area (Å²) in [6, 6.07) is 0. The summed E-state index contributed by atoms with van der Waals surface area (Å²) in [6.45, 7) is 0. The Kier molecular flexibility index (Phi) is 4.70. The van der Waals surface area contributed by atoms with E-state index in [9.17, 15) is 38.4 Å². The summed E-state index contributed by atoms with van der Waals surface area (Å²) in [7, 11) is 0. The molecule has 16 heteroatoms. The fraction of sp³-hybridized carbons (Fsp3) is 0.263. The standard InChI is InChI=1S/C38H18N8O8/c47-23-7-1-3-9(25(23)49)17-15(7)31-39-32-16-8-2-4-10(26(50)24(8)48)18(16)34(41-32)43-36-20-12-6-14(30(54)28(12)52)22(20)38(45-36)46-37-21-13-5-11(27(51)29(13)53)19(21)35(44-37)42-33(17)40-31/h1-4,7-14H,5-6H2,(H2,39,40,41,42,43,44,45,46). The normalized spacial score (nSPS) is 31.6. The molecule has 2 saturated carbocycles. The molecular weight excluding hydrogens is 696 g/mol. The van der Waals surface area contributed by atoms with Gasteiger partial charge in [-0.05, 0) is 12.8 Å². The van der Waals surface area contributed by atoms with Crippen LogP contribution >= 0.6 is 0 Å². The van der Waals surface area contributed by atoms with E-state index in [2.05, 4.69) is 9.97 Å². The minimum atomic E-state index is -1.00. The molecule has 0 saturated heterocycles. The maximum absolute atomic E-state index is 13.3. The highest BCUT2D eigenvalue weighted by Gasteiger charge is 2.56. The van der Waals surface area contributed by atoms with Gasteiger partial charge in [0.25, 0.3) is 0 Å². The number of hydrogen-bond acceptors (Lipinski definition) is 14. The summed E-state index contributed by atoms with van der Waals surface area (Å²) < 4.78 is 0. The molecule has 0 spiro atoms. The van der Waals surface area contributed by atoms with Crippen molar-refractivity contribution < 1.29 is 38.4 Å². The van der Waals surface area contributed by atoms with Crippen molar-refractivity contribution in [2.75, 3.05) is 0 Å². The van der Waals surface area contributed by atoms with Gasteiger partial charge in [-0.15, -0.1) is 0 Å². The number of hydrogen-bond donors (Lipinski definition) is 2. The van der Waals surface area contributed by atoms with E-state index < -0.39 is 93.6 Å². The number of allylic oxidation sites excluding steroid dienone is 8. The van der Waals surface area contributed by atoms with Crippen LogP contribution in [0.15, 0.2) is 24.3 Å². The monoisotopic (exact) mass is 714 g/mol. The fourth-order valence-corrected chi connectivity index (χ4v) is 10.6. The average molecular weight is 715 g/mol. The molecule has 2 aliphatic heterocycles. The van der Waals surface area contributed by atoms with Crippen LogP contribution in [0.2, 0.25) is 0 Å². The molecule has 10 aliphatic carbocycles. The molecule has 258 valence electrons. The highest BCUT2D eigenvalue weighted by atomic mass is 16.2. The number of carbonyl (C=O) groups excluding carboxylic acids is 8. The number of ketones is 8. The van der Waals surface area contributed by atoms with Gasteiger partial charge in [-0.3, -0.25) is 38.4 Å². The Balaban J connectivity index is 1.20. The summed E-state index contributed by atoms with van der Waals surface area (Å²) >= 11 is 0. The van der Waals surface area contributed by atoms with Gasteiger partial charge in [-0.1, -0.05) is 24.3 Å². The number of H-pyrrole nitrogens is 2. The highest BCUT2D eigenvalue weighted by Crippen LogP contribution is 2.55. The van der Waals surface area contributed by atoms with E-state index in [1.165, 1.54) is 0 Å². The zero-order valence-electron chi connectivity index (χ0n) is 27.3. The van der Waals surface area contributed by atoms with Crippen molar-refractivity contribution in [2.45, 2.75) is 36.5 Å². The number of aromatic amines is 2. The van der Waals surface area contributed by atoms with Crippen LogP contribution in [0.25, 0.3) is 44.9 Å². The summed E-state index contributed by atoms with van der Waals surface area (Å²) in [6.07, 6.45) is 6.98. The second-order valence-corrected chi connectivity index (χ2v) is 15.2. The number of nitrogens with zero attached hydrogens (tertiary/aromatic N) is 6. The van der Waals surface area contributed by atoms with E-state index >= 15 is 0 Å². The zero-order valence-corrected chi connectivity index (χ0v) is 27.3. The number of rotatable bonds is 0. The number of fused-ring (bicyclic) bond motifs is 24. The smallest absolute Gasteiger partial charge is 0.210 e. The van der Waals surface area contributed by atoms with Crippen LogP contribution in [0.5, 0.6) is 0 Å². The second-order valence-electron chi connectivity index (χ2n) is 15.2. The van der Waals surface area contributed by atoms with Crippen LogP contribution in [0, 0.1) is 23.7 Å². The lowest BCUT2D eigenvalue weighted by Gasteiger charge is -2.30. The van der Waals surface area contributed by atoms with Crippen LogP contribution in [-0.2, 0) is 38.4 Å². The maximum atomic E-state index is 13.3. The van der Waals surface area contributed by atoms with Gasteiger partial charge < -0.3 is 9.97 Å². The number of nitrogens with one attached hydrogen (secondary N) is 2. The van der Waals surface area contributed by atoms with Gasteiger partial charge in [0.15, 0.2) is 23.3 Å². The predicted molar refractivity (Wildman–Crippen MR) is 178 cm³/mol. The summed E-state index contributed by atoms with van der Waals surface area (Å²) in [4.78, 5) is 141. The lowest BCUT2D eigenvalue weighted by Crippen LogP contribution is -2.38. The number of carbonyl (C=O) groups is 8. The van der Waals surface area contributed by atoms with Gasteiger partial charge in [0.1, 0.15) is 22.6 Å². The quantitative estimate of drug-likeness (QED) is 0.244. The molecule has 3 aromatic rings. The lowest BCUT2D eigenvalue weighted by molar-refractivity contribution is -0.138. The first kappa shape index (κ1) is 28.7. The second kappa shape index (κ2) is 8.85. The van der Waals surface area contributed by atoms with E-state index in [0.29, 0.717) is 44.5 Å². The van der Waals surface area contributed by atoms with E-state index in [0.717, 1.165) is 0 Å². The van der Waals surface area contributed by atoms with Crippen LogP contribution in [0.1, 0.15) is 82.1 Å². The van der Waals surface area contributed by atoms with Crippen LogP contribution in [0.4, 0.5) is 0 Å². The Morgan fingerprint density at radius 3 is 0.907 bits per heavy atom. The number of Topliss-reactive ketones (excluding diaryl/α,β-unsaturated/α-hetero) is 8. The van der Waals surface area contributed by atoms with E-state index in [1.54, 1.807) is 24.3 Å². The topological polar surface area (TPSA) is 245 Å². The average Bonchev–Trinajstić information content (AvgIpc) is 4.03. The van der Waals surface area contributed by atoms with Crippen molar-refractivity contribution in [3.63, 3.8) is 0 Å². The third-order valence-corrected chi connectivity index (χ3v) is 12.9. The minimum absolute atomic E-state index is 0.0393. The summed E-state index contributed by atoms with van der Waals surface area (Å²) in [5.41, 5.74) is 4.20. The van der Waals surface area contributed by atoms with Gasteiger partial charge in [0.05, 0.1) is 47.3 Å². The molecule has 8 unspecified atom stereocenters. The molecule has 0 amide bonds. The van der Waals surface area contributed by atoms with Gasteiger partial charge in [-0.25, -0.2) is 29.9 Å². The van der Waals surface area contributed by atoms with Crippen molar-refractivity contribution in [3.8, 4) is 0 Å². The lowest BCUT2D eigenvalue weighted by atomic mass is 9.70. The van der Waals surface area contributed by atoms with Crippen LogP contribution < -0.4 is 0 Å². The molecule has 12 aliphatic rings. The number of aromatic nitrogens is 8. The Labute approximate surface area is 299 Å². The van der Waals surface area contributed by atoms with Crippen LogP contribution in [0.3, 0.4) is 0 Å². The van der Waals surface area contributed by atoms with Crippen molar-refractivity contribution >= 4 is 91.1 Å². The molecule has 0 radical (unpaired) electrons. The molecule has 8 atom stereocenters. The molecule has 16 nitrogen and oxygen atoms in total. The molecule has 16 bridgehead atoms. The van der Waals surface area contributed by atoms with E-state index in [1.807, 2.05) is 0 Å². The molecular formula is C38H18N8O8. The third kappa shape index (κ3) is 3.01. The molecule has 3 aromatic heterocycles. The van der Waals surface area contributed by atoms with E-state index in [-0.39, 0.29) is 58.7 Å². The molecule has 5 heterocycles. The first-order valence-corrected chi connectivity index (χ1v) is 17.6. The van der Waals surface area contributed by atoms with Gasteiger partial charge in [0.2, 0.25) is 46.3 Å². The van der Waals surface area contributed by atoms with Crippen molar-refractivity contribution in [3.05, 3.63) is 69.9 Å². The SMILES string of the molecule is O=C1C(=O)C2C=CC1C1=C2c2nc1nc1nc(nc3[nH]c(nc4[nH]c(n2)c2c4C4CC2C(=O)C4=O)c2c3C3CC2C(=O)C3=O)C2=C1C1C=CC2C(=O)C1=O. The molecule has 54 heavy (non-hydrogen) atoms. The van der Waals surface area contributed by atoms with Crippen molar-refractivity contribution in [1.29, 1.82) is 0 Å². The highest BCUT2D eigenvalue weighted by molar-refractivity contribution is 6.49. The Bertz CT molecular complexity index is 2810. The molecule has 0 aromatic carbocycles. The molecule has 2 fully saturated rings. The van der Waals surface area contributed by atoms with E-state index in [4.69, 9.17) is 29.9 Å². The Morgan fingerprint density at radius 2 is 0.611 bits per heavy atom. The van der Waals surface area contributed by atoms with Gasteiger partial charge >= 0.3 is 0 Å². The first-order valence-electron chi connectivity index (χ1n) is 17.6. The molecule has 15 rings (SSSR count). The largest absolute Gasteiger partial charge is 0.324 e. The van der Waals surface area contributed by atoms with Crippen molar-refractivity contribution in [1.82, 2.24) is 39.9 Å². The van der Waals surface area contributed by atoms with Crippen molar-refractivity contribution in [2.24, 2.45) is 23.7 Å². The minimum Gasteiger partial charge on any atom is -0.324 e. The fourth-order valence-electron chi connectivity index (χ4n) is 10.6. The Hall–Kier alpha value is -6.84. The zero-order chi connectivity index (χ0) is 36.4. The van der Waals surface area contributed by atoms with Gasteiger partial charge in [0, 0.05) is 44.5 Å². The molecule has 2 N–H and O–H groups in total. The van der Waals surface area contributed by atoms with Crippen LogP contribution in [-0.4, -0.2) is 86.1 Å².